The zero-order valence-corrected chi connectivity index (χ0v) is 9.08. The number of hydrogen-bond donors (Lipinski definition) is 0. The van der Waals surface area contributed by atoms with Crippen LogP contribution in [-0.2, 0) is 21.7 Å². The minimum Gasteiger partial charge on any atom is -0.330 e. The Balaban J connectivity index is 0. The van der Waals surface area contributed by atoms with E-state index in [-0.39, 0.29) is 21.7 Å². The summed E-state index contributed by atoms with van der Waals surface area (Å²) < 4.78 is 0. The molecule has 0 aromatic carbocycles. The Labute approximate surface area is 80.1 Å². The van der Waals surface area contributed by atoms with Crippen molar-refractivity contribution >= 4 is 0 Å². The molecule has 0 amide bonds. The van der Waals surface area contributed by atoms with Crippen LogP contribution in [0.15, 0.2) is 0 Å². The van der Waals surface area contributed by atoms with Gasteiger partial charge in [-0.25, -0.2) is 0 Å². The van der Waals surface area contributed by atoms with Crippen molar-refractivity contribution in [1.82, 2.24) is 4.90 Å². The third kappa shape index (κ3) is 4.48. The van der Waals surface area contributed by atoms with Crippen molar-refractivity contribution in [1.29, 1.82) is 0 Å². The molecule has 2 heteroatoms. The maximum absolute atomic E-state index is 3.85. The van der Waals surface area contributed by atoms with Crippen LogP contribution in [0.4, 0.5) is 0 Å². The predicted molar refractivity (Wildman–Crippen MR) is 42.3 cm³/mol. The summed E-state index contributed by atoms with van der Waals surface area (Å²) in [6.07, 6.45) is 0. The van der Waals surface area contributed by atoms with Crippen LogP contribution in [0.25, 0.3) is 0 Å². The van der Waals surface area contributed by atoms with Crippen molar-refractivity contribution in [3.05, 3.63) is 6.92 Å². The number of nitrogens with zero attached hydrogens (tertiary/aromatic N) is 1. The van der Waals surface area contributed by atoms with Gasteiger partial charge in [0.1, 0.15) is 0 Å². The molecule has 0 unspecified atom stereocenters. The average molecular weight is 176 g/mol. The van der Waals surface area contributed by atoms with E-state index in [2.05, 4.69) is 39.5 Å². The summed E-state index contributed by atoms with van der Waals surface area (Å²) in [6.45, 7) is 13.6. The summed E-state index contributed by atoms with van der Waals surface area (Å²) in [5, 5.41) is 0. The molecule has 0 aliphatic carbocycles. The van der Waals surface area contributed by atoms with Crippen LogP contribution in [0, 0.1) is 6.92 Å². The maximum atomic E-state index is 3.85. The van der Waals surface area contributed by atoms with Gasteiger partial charge in [-0.05, 0) is 27.7 Å². The quantitative estimate of drug-likeness (QED) is 0.469. The zero-order valence-electron chi connectivity index (χ0n) is 7.52. The van der Waals surface area contributed by atoms with E-state index in [1.54, 1.807) is 0 Å². The summed E-state index contributed by atoms with van der Waals surface area (Å²) >= 11 is 0. The van der Waals surface area contributed by atoms with Gasteiger partial charge in [-0.15, -0.1) is 6.54 Å². The third-order valence-corrected chi connectivity index (χ3v) is 1.58. The number of rotatable bonds is 3. The van der Waals surface area contributed by atoms with Crippen molar-refractivity contribution in [2.75, 3.05) is 6.54 Å². The smallest absolute Gasteiger partial charge is 0.00127 e. The van der Waals surface area contributed by atoms with Crippen LogP contribution < -0.4 is 0 Å². The van der Waals surface area contributed by atoms with Crippen LogP contribution >= 0.6 is 0 Å². The summed E-state index contributed by atoms with van der Waals surface area (Å²) in [5.41, 5.74) is 0. The van der Waals surface area contributed by atoms with E-state index in [9.17, 15) is 0 Å². The molecule has 0 N–H and O–H groups in total. The summed E-state index contributed by atoms with van der Waals surface area (Å²) in [7, 11) is 0. The largest absolute Gasteiger partial charge is 0.330 e. The third-order valence-electron chi connectivity index (χ3n) is 1.58. The number of hydrogen-bond acceptors (Lipinski definition) is 1. The molecule has 10 heavy (non-hydrogen) atoms. The Morgan fingerprint density at radius 3 is 1.40 bits per heavy atom. The molecule has 0 saturated heterocycles. The fourth-order valence-corrected chi connectivity index (χ4v) is 1.11. The Hall–Kier alpha value is 0.674. The molecule has 0 aromatic heterocycles. The molecule has 0 bridgehead atoms. The first kappa shape index (κ1) is 13.3. The van der Waals surface area contributed by atoms with Gasteiger partial charge in [-0.1, -0.05) is 0 Å². The van der Waals surface area contributed by atoms with E-state index in [0.717, 1.165) is 6.54 Å². The van der Waals surface area contributed by atoms with Crippen LogP contribution in [-0.4, -0.2) is 23.5 Å². The van der Waals surface area contributed by atoms with E-state index in [1.165, 1.54) is 0 Å². The van der Waals surface area contributed by atoms with Crippen molar-refractivity contribution in [2.45, 2.75) is 39.8 Å². The summed E-state index contributed by atoms with van der Waals surface area (Å²) in [4.78, 5) is 2.35. The van der Waals surface area contributed by atoms with Gasteiger partial charge < -0.3 is 11.8 Å². The predicted octanol–water partition coefficient (Wildman–Crippen LogP) is 1.94. The molecule has 1 nitrogen and oxygen atoms in total. The minimum absolute atomic E-state index is 0. The second-order valence-corrected chi connectivity index (χ2v) is 2.93. The first-order valence-electron chi connectivity index (χ1n) is 3.64. The second kappa shape index (κ2) is 6.39. The first-order chi connectivity index (χ1) is 4.09. The fraction of sp³-hybridized carbons (Fsp3) is 0.875. The molecule has 0 radical (unpaired) electrons. The Morgan fingerprint density at radius 1 is 1.10 bits per heavy atom. The molecule has 0 aromatic rings. The van der Waals surface area contributed by atoms with E-state index in [0.29, 0.717) is 12.1 Å². The summed E-state index contributed by atoms with van der Waals surface area (Å²) in [5.74, 6) is 0. The second-order valence-electron chi connectivity index (χ2n) is 2.93. The topological polar surface area (TPSA) is 3.24 Å². The first-order valence-corrected chi connectivity index (χ1v) is 3.64. The maximum Gasteiger partial charge on any atom is 0.00127 e. The molecule has 0 rings (SSSR count). The van der Waals surface area contributed by atoms with E-state index in [4.69, 9.17) is 0 Å². The molecule has 0 heterocycles. The van der Waals surface area contributed by atoms with E-state index >= 15 is 0 Å². The molecule has 0 fully saturated rings. The minimum atomic E-state index is 0. The SMILES string of the molecule is [CH2-]CN(C(C)C)C(C)C.[Ti]. The van der Waals surface area contributed by atoms with Crippen LogP contribution in [0.3, 0.4) is 0 Å². The molecule has 0 aliphatic rings. The van der Waals surface area contributed by atoms with Gasteiger partial charge in [0.15, 0.2) is 0 Å². The van der Waals surface area contributed by atoms with E-state index in [1.807, 2.05) is 0 Å². The van der Waals surface area contributed by atoms with E-state index < -0.39 is 0 Å². The van der Waals surface area contributed by atoms with Gasteiger partial charge >= 0.3 is 0 Å². The van der Waals surface area contributed by atoms with Crippen LogP contribution in [0.1, 0.15) is 27.7 Å². The van der Waals surface area contributed by atoms with Crippen molar-refractivity contribution in [3.8, 4) is 0 Å². The molecule has 0 atom stereocenters. The van der Waals surface area contributed by atoms with Gasteiger partial charge in [0, 0.05) is 33.8 Å². The monoisotopic (exact) mass is 176 g/mol. The van der Waals surface area contributed by atoms with Crippen LogP contribution in [0.2, 0.25) is 0 Å². The molecule has 60 valence electrons. The summed E-state index contributed by atoms with van der Waals surface area (Å²) in [6, 6.07) is 1.25. The molecule has 0 saturated carbocycles. The van der Waals surface area contributed by atoms with Crippen molar-refractivity contribution < 1.29 is 21.7 Å². The van der Waals surface area contributed by atoms with Gasteiger partial charge in [0.25, 0.3) is 0 Å². The normalized spacial score (nSPS) is 10.8. The Morgan fingerprint density at radius 2 is 1.40 bits per heavy atom. The van der Waals surface area contributed by atoms with Gasteiger partial charge in [-0.2, -0.15) is 0 Å². The van der Waals surface area contributed by atoms with Gasteiger partial charge in [0.05, 0.1) is 0 Å². The van der Waals surface area contributed by atoms with Gasteiger partial charge in [0.2, 0.25) is 0 Å². The standard InChI is InChI=1S/C8H18N.Ti/c1-6-9(7(2)3)8(4)5;/h7-8H,1,6H2,2-5H3;/q-1;. The van der Waals surface area contributed by atoms with Crippen molar-refractivity contribution in [2.24, 2.45) is 0 Å². The Bertz CT molecular complexity index is 63.7. The molecular formula is C8H18NTi-. The molecule has 0 aliphatic heterocycles. The van der Waals surface area contributed by atoms with Gasteiger partial charge in [-0.3, -0.25) is 0 Å². The Kier molecular flexibility index (Phi) is 8.48. The fourth-order valence-electron chi connectivity index (χ4n) is 1.11. The van der Waals surface area contributed by atoms with Crippen LogP contribution in [0.5, 0.6) is 0 Å². The molecular weight excluding hydrogens is 158 g/mol. The average Bonchev–Trinajstić information content (AvgIpc) is 1.64. The van der Waals surface area contributed by atoms with Crippen molar-refractivity contribution in [3.63, 3.8) is 0 Å². The molecule has 0 spiro atoms. The zero-order chi connectivity index (χ0) is 7.44.